The van der Waals surface area contributed by atoms with Crippen LogP contribution in [0.2, 0.25) is 5.02 Å². The Kier molecular flexibility index (Phi) is 4.35. The van der Waals surface area contributed by atoms with Crippen molar-refractivity contribution in [1.82, 2.24) is 0 Å². The number of rotatable bonds is 3. The SMILES string of the molecule is Cc1cccc(C(C#N)C(=O)c2cc(F)c(Cl)cc2F)c1. The van der Waals surface area contributed by atoms with Crippen molar-refractivity contribution in [2.75, 3.05) is 0 Å². The maximum Gasteiger partial charge on any atom is 0.187 e. The van der Waals surface area contributed by atoms with Gasteiger partial charge in [0.2, 0.25) is 0 Å². The van der Waals surface area contributed by atoms with E-state index in [2.05, 4.69) is 0 Å². The number of aryl methyl sites for hydroxylation is 1. The number of nitrogens with zero attached hydrogens (tertiary/aromatic N) is 1. The Bertz CT molecular complexity index is 752. The molecule has 21 heavy (non-hydrogen) atoms. The second-order valence-corrected chi connectivity index (χ2v) is 4.99. The summed E-state index contributed by atoms with van der Waals surface area (Å²) in [6, 6.07) is 10.1. The number of halogens is 3. The summed E-state index contributed by atoms with van der Waals surface area (Å²) in [7, 11) is 0. The van der Waals surface area contributed by atoms with E-state index in [1.165, 1.54) is 0 Å². The van der Waals surface area contributed by atoms with Gasteiger partial charge in [-0.1, -0.05) is 41.4 Å². The molecule has 1 unspecified atom stereocenters. The zero-order valence-corrected chi connectivity index (χ0v) is 11.8. The fraction of sp³-hybridized carbons (Fsp3) is 0.125. The molecule has 1 atom stereocenters. The first-order valence-corrected chi connectivity index (χ1v) is 6.46. The molecule has 0 bridgehead atoms. The molecule has 2 nitrogen and oxygen atoms in total. The lowest BCUT2D eigenvalue weighted by Gasteiger charge is -2.10. The molecule has 0 saturated carbocycles. The van der Waals surface area contributed by atoms with Crippen LogP contribution in [0.4, 0.5) is 8.78 Å². The Labute approximate surface area is 125 Å². The van der Waals surface area contributed by atoms with E-state index >= 15 is 0 Å². The van der Waals surface area contributed by atoms with Crippen LogP contribution in [-0.2, 0) is 0 Å². The normalized spacial score (nSPS) is 11.8. The molecule has 0 aliphatic heterocycles. The summed E-state index contributed by atoms with van der Waals surface area (Å²) in [5, 5.41) is 8.79. The average Bonchev–Trinajstić information content (AvgIpc) is 2.43. The molecule has 5 heteroatoms. The summed E-state index contributed by atoms with van der Waals surface area (Å²) in [6.07, 6.45) is 0. The quantitative estimate of drug-likeness (QED) is 0.622. The summed E-state index contributed by atoms with van der Waals surface area (Å²) in [5.41, 5.74) is 0.825. The summed E-state index contributed by atoms with van der Waals surface area (Å²) in [4.78, 5) is 12.3. The molecule has 2 aromatic rings. The first-order chi connectivity index (χ1) is 9.93. The minimum Gasteiger partial charge on any atom is -0.292 e. The predicted molar refractivity (Wildman–Crippen MR) is 75.2 cm³/mol. The van der Waals surface area contributed by atoms with E-state index in [4.69, 9.17) is 11.6 Å². The molecule has 0 amide bonds. The van der Waals surface area contributed by atoms with Gasteiger partial charge in [0.25, 0.3) is 0 Å². The number of carbonyl (C=O) groups is 1. The van der Waals surface area contributed by atoms with Crippen molar-refractivity contribution < 1.29 is 13.6 Å². The third kappa shape index (κ3) is 3.09. The maximum absolute atomic E-state index is 13.8. The van der Waals surface area contributed by atoms with Crippen LogP contribution in [-0.4, -0.2) is 5.78 Å². The zero-order valence-electron chi connectivity index (χ0n) is 11.0. The van der Waals surface area contributed by atoms with E-state index in [1.807, 2.05) is 19.1 Å². The first-order valence-electron chi connectivity index (χ1n) is 6.09. The Morgan fingerprint density at radius 3 is 2.57 bits per heavy atom. The van der Waals surface area contributed by atoms with Crippen LogP contribution >= 0.6 is 11.6 Å². The van der Waals surface area contributed by atoms with Crippen LogP contribution in [0.3, 0.4) is 0 Å². The fourth-order valence-electron chi connectivity index (χ4n) is 2.00. The molecule has 0 fully saturated rings. The lowest BCUT2D eigenvalue weighted by Crippen LogP contribution is -2.13. The molecule has 0 radical (unpaired) electrons. The Balaban J connectivity index is 2.47. The summed E-state index contributed by atoms with van der Waals surface area (Å²) in [6.45, 7) is 1.81. The molecular formula is C16H10ClF2NO. The topological polar surface area (TPSA) is 40.9 Å². The minimum atomic E-state index is -1.19. The highest BCUT2D eigenvalue weighted by Crippen LogP contribution is 2.26. The Morgan fingerprint density at radius 2 is 1.95 bits per heavy atom. The van der Waals surface area contributed by atoms with Crippen LogP contribution in [0.25, 0.3) is 0 Å². The summed E-state index contributed by atoms with van der Waals surface area (Å²) in [5.74, 6) is -3.84. The van der Waals surface area contributed by atoms with E-state index in [1.54, 1.807) is 18.2 Å². The van der Waals surface area contributed by atoms with Crippen LogP contribution in [0.1, 0.15) is 27.4 Å². The van der Waals surface area contributed by atoms with E-state index in [0.717, 1.165) is 17.7 Å². The number of hydrogen-bond acceptors (Lipinski definition) is 2. The molecule has 106 valence electrons. The second-order valence-electron chi connectivity index (χ2n) is 4.59. The van der Waals surface area contributed by atoms with Crippen LogP contribution in [0.15, 0.2) is 36.4 Å². The molecule has 2 rings (SSSR count). The number of hydrogen-bond donors (Lipinski definition) is 0. The van der Waals surface area contributed by atoms with E-state index < -0.39 is 33.9 Å². The average molecular weight is 306 g/mol. The van der Waals surface area contributed by atoms with Gasteiger partial charge in [0.1, 0.15) is 17.6 Å². The Hall–Kier alpha value is -2.25. The van der Waals surface area contributed by atoms with E-state index in [9.17, 15) is 18.8 Å². The third-order valence-electron chi connectivity index (χ3n) is 3.04. The van der Waals surface area contributed by atoms with Crippen molar-refractivity contribution in [1.29, 1.82) is 5.26 Å². The molecular weight excluding hydrogens is 296 g/mol. The van der Waals surface area contributed by atoms with Gasteiger partial charge in [-0.3, -0.25) is 4.79 Å². The molecule has 0 aliphatic carbocycles. The van der Waals surface area contributed by atoms with E-state index in [-0.39, 0.29) is 0 Å². The van der Waals surface area contributed by atoms with Gasteiger partial charge in [-0.15, -0.1) is 0 Å². The molecule has 0 aliphatic rings. The third-order valence-corrected chi connectivity index (χ3v) is 3.33. The summed E-state index contributed by atoms with van der Waals surface area (Å²) < 4.78 is 27.2. The van der Waals surface area contributed by atoms with Crippen molar-refractivity contribution in [3.8, 4) is 6.07 Å². The number of ketones is 1. The summed E-state index contributed by atoms with van der Waals surface area (Å²) >= 11 is 5.45. The lowest BCUT2D eigenvalue weighted by atomic mass is 9.91. The lowest BCUT2D eigenvalue weighted by molar-refractivity contribution is 0.0974. The standard InChI is InChI=1S/C16H10ClF2NO/c1-9-3-2-4-10(5-9)12(8-20)16(21)11-6-15(19)13(17)7-14(11)18/h2-7,12H,1H3. The number of carbonyl (C=O) groups excluding carboxylic acids is 1. The van der Waals surface area contributed by atoms with Crippen LogP contribution in [0, 0.1) is 29.9 Å². The van der Waals surface area contributed by atoms with E-state index in [0.29, 0.717) is 5.56 Å². The highest BCUT2D eigenvalue weighted by molar-refractivity contribution is 6.30. The fourth-order valence-corrected chi connectivity index (χ4v) is 2.15. The van der Waals surface area contributed by atoms with Gasteiger partial charge < -0.3 is 0 Å². The Morgan fingerprint density at radius 1 is 1.24 bits per heavy atom. The number of Topliss-reactive ketones (excluding diaryl/α,β-unsaturated/α-hetero) is 1. The van der Waals surface area contributed by atoms with Gasteiger partial charge in [-0.25, -0.2) is 8.78 Å². The number of benzene rings is 2. The first kappa shape index (κ1) is 15.1. The van der Waals surface area contributed by atoms with Crippen molar-refractivity contribution in [3.05, 3.63) is 69.7 Å². The van der Waals surface area contributed by atoms with Crippen LogP contribution in [0.5, 0.6) is 0 Å². The van der Waals surface area contributed by atoms with Gasteiger partial charge >= 0.3 is 0 Å². The molecule has 0 N–H and O–H groups in total. The van der Waals surface area contributed by atoms with Crippen LogP contribution < -0.4 is 0 Å². The largest absolute Gasteiger partial charge is 0.292 e. The second kappa shape index (κ2) is 6.02. The minimum absolute atomic E-state index is 0.409. The van der Waals surface area contributed by atoms with Gasteiger partial charge in [0.15, 0.2) is 5.78 Å². The van der Waals surface area contributed by atoms with Gasteiger partial charge in [-0.05, 0) is 24.6 Å². The molecule has 2 aromatic carbocycles. The molecule has 0 heterocycles. The van der Waals surface area contributed by atoms with Gasteiger partial charge in [0, 0.05) is 0 Å². The van der Waals surface area contributed by atoms with Crippen molar-refractivity contribution in [2.45, 2.75) is 12.8 Å². The number of nitriles is 1. The van der Waals surface area contributed by atoms with Gasteiger partial charge in [-0.2, -0.15) is 5.26 Å². The van der Waals surface area contributed by atoms with Crippen molar-refractivity contribution in [3.63, 3.8) is 0 Å². The smallest absolute Gasteiger partial charge is 0.187 e. The van der Waals surface area contributed by atoms with Gasteiger partial charge in [0.05, 0.1) is 16.7 Å². The predicted octanol–water partition coefficient (Wildman–Crippen LogP) is 4.42. The van der Waals surface area contributed by atoms with Crippen molar-refractivity contribution in [2.24, 2.45) is 0 Å². The zero-order chi connectivity index (χ0) is 15.6. The maximum atomic E-state index is 13.8. The highest BCUT2D eigenvalue weighted by atomic mass is 35.5. The van der Waals surface area contributed by atoms with Crippen molar-refractivity contribution >= 4 is 17.4 Å². The molecule has 0 saturated heterocycles. The molecule has 0 spiro atoms. The monoisotopic (exact) mass is 305 g/mol. The molecule has 0 aromatic heterocycles. The highest BCUT2D eigenvalue weighted by Gasteiger charge is 2.25.